The Hall–Kier alpha value is -1.32. The van der Waals surface area contributed by atoms with Crippen molar-refractivity contribution in [1.29, 1.82) is 0 Å². The van der Waals surface area contributed by atoms with Gasteiger partial charge in [-0.3, -0.25) is 4.79 Å². The molecule has 0 aliphatic heterocycles. The van der Waals surface area contributed by atoms with Crippen LogP contribution in [0.15, 0.2) is 11.6 Å². The maximum atomic E-state index is 13.1. The summed E-state index contributed by atoms with van der Waals surface area (Å²) in [6.07, 6.45) is 3.10. The zero-order valence-corrected chi connectivity index (χ0v) is 19.8. The third-order valence-corrected chi connectivity index (χ3v) is 6.08. The molecule has 1 aliphatic rings. The first-order valence-corrected chi connectivity index (χ1v) is 16.6. The molecule has 27 heavy (non-hydrogen) atoms. The molecule has 2 N–H and O–H groups in total. The monoisotopic (exact) mass is 406 g/mol. The summed E-state index contributed by atoms with van der Waals surface area (Å²) < 4.78 is 5.37. The number of aliphatic hydroxyl groups excluding tert-OH is 1. The van der Waals surface area contributed by atoms with Crippen molar-refractivity contribution in [3.63, 3.8) is 0 Å². The largest absolute Gasteiger partial charge is 0.465 e. The van der Waals surface area contributed by atoms with Crippen molar-refractivity contribution in [2.75, 3.05) is 13.2 Å². The Labute approximate surface area is 166 Å². The number of carbonyl (C=O) groups excluding carboxylic acids is 1. The number of hydrogen-bond acceptors (Lipinski definition) is 4. The van der Waals surface area contributed by atoms with Crippen LogP contribution < -0.4 is 0 Å². The number of aliphatic hydroxyl groups is 2. The molecule has 150 valence electrons. The molecule has 0 aromatic carbocycles. The zero-order chi connectivity index (χ0) is 20.9. The van der Waals surface area contributed by atoms with Crippen LogP contribution in [0.2, 0.25) is 39.3 Å². The first-order chi connectivity index (χ1) is 12.3. The maximum absolute atomic E-state index is 13.1. The summed E-state index contributed by atoms with van der Waals surface area (Å²) in [4.78, 5) is 13.1. The van der Waals surface area contributed by atoms with Crippen LogP contribution in [0.1, 0.15) is 26.2 Å². The summed E-state index contributed by atoms with van der Waals surface area (Å²) in [5, 5.41) is 21.4. The van der Waals surface area contributed by atoms with E-state index >= 15 is 0 Å². The van der Waals surface area contributed by atoms with Gasteiger partial charge in [0.05, 0.1) is 13.2 Å². The van der Waals surface area contributed by atoms with E-state index in [2.05, 4.69) is 62.2 Å². The van der Waals surface area contributed by atoms with E-state index in [1.807, 2.05) is 6.08 Å². The van der Waals surface area contributed by atoms with Crippen molar-refractivity contribution in [2.24, 2.45) is 5.41 Å². The lowest BCUT2D eigenvalue weighted by Gasteiger charge is -2.42. The smallest absolute Gasteiger partial charge is 0.317 e. The number of ether oxygens (including phenoxy) is 1. The summed E-state index contributed by atoms with van der Waals surface area (Å²) in [5.74, 6) is 5.53. The van der Waals surface area contributed by atoms with Gasteiger partial charge in [-0.2, -0.15) is 0 Å². The summed E-state index contributed by atoms with van der Waals surface area (Å²) in [7, 11) is -3.62. The van der Waals surface area contributed by atoms with E-state index < -0.39 is 33.1 Å². The molecule has 6 heteroatoms. The SMILES string of the molecule is CCOC(=O)C1(C(O)(C#C[Si](C)(C)C)C#C[Si](C)(C)C)CCC=C(CO)C1. The quantitative estimate of drug-likeness (QED) is 0.326. The second-order valence-electron chi connectivity index (χ2n) is 9.25. The van der Waals surface area contributed by atoms with E-state index in [0.29, 0.717) is 12.8 Å². The molecule has 1 rings (SSSR count). The van der Waals surface area contributed by atoms with Crippen molar-refractivity contribution in [3.8, 4) is 22.9 Å². The van der Waals surface area contributed by atoms with Gasteiger partial charge >= 0.3 is 5.97 Å². The van der Waals surface area contributed by atoms with Crippen LogP contribution in [-0.4, -0.2) is 51.1 Å². The molecule has 0 radical (unpaired) electrons. The highest BCUT2D eigenvalue weighted by atomic mass is 28.3. The van der Waals surface area contributed by atoms with Crippen LogP contribution in [0.3, 0.4) is 0 Å². The molecular formula is C21H34O4Si2. The summed E-state index contributed by atoms with van der Waals surface area (Å²) in [5.41, 5.74) is 4.07. The Morgan fingerprint density at radius 2 is 1.70 bits per heavy atom. The molecule has 0 amide bonds. The third kappa shape index (κ3) is 6.36. The van der Waals surface area contributed by atoms with Gasteiger partial charge in [-0.1, -0.05) is 57.2 Å². The second kappa shape index (κ2) is 8.79. The predicted octanol–water partition coefficient (Wildman–Crippen LogP) is 3.13. The Bertz CT molecular complexity index is 673. The van der Waals surface area contributed by atoms with Crippen molar-refractivity contribution < 1.29 is 19.7 Å². The number of hydrogen-bond donors (Lipinski definition) is 2. The fourth-order valence-electron chi connectivity index (χ4n) is 2.92. The maximum Gasteiger partial charge on any atom is 0.317 e. The van der Waals surface area contributed by atoms with Gasteiger partial charge in [-0.25, -0.2) is 0 Å². The van der Waals surface area contributed by atoms with E-state index in [1.165, 1.54) is 0 Å². The van der Waals surface area contributed by atoms with Gasteiger partial charge < -0.3 is 14.9 Å². The fraction of sp³-hybridized carbons (Fsp3) is 0.667. The van der Waals surface area contributed by atoms with Crippen LogP contribution in [0.25, 0.3) is 0 Å². The van der Waals surface area contributed by atoms with Gasteiger partial charge in [-0.15, -0.1) is 11.1 Å². The highest BCUT2D eigenvalue weighted by Crippen LogP contribution is 2.46. The molecule has 0 spiro atoms. The Morgan fingerprint density at radius 1 is 1.19 bits per heavy atom. The third-order valence-electron chi connectivity index (χ3n) is 4.33. The number of allylic oxidation sites excluding steroid dienone is 1. The van der Waals surface area contributed by atoms with Crippen LogP contribution in [0.5, 0.6) is 0 Å². The summed E-state index contributed by atoms with van der Waals surface area (Å²) in [6.45, 7) is 14.3. The molecule has 0 aromatic rings. The second-order valence-corrected chi connectivity index (χ2v) is 18.7. The number of rotatable bonds is 4. The average molecular weight is 407 g/mol. The van der Waals surface area contributed by atoms with Crippen molar-refractivity contribution in [2.45, 2.75) is 71.1 Å². The number of carbonyl (C=O) groups is 1. The van der Waals surface area contributed by atoms with Crippen LogP contribution in [0, 0.1) is 28.3 Å². The van der Waals surface area contributed by atoms with E-state index in [-0.39, 0.29) is 19.6 Å². The van der Waals surface area contributed by atoms with Gasteiger partial charge in [0.1, 0.15) is 21.6 Å². The number of esters is 1. The molecule has 1 atom stereocenters. The first kappa shape index (κ1) is 23.7. The Kier molecular flexibility index (Phi) is 7.72. The molecule has 4 nitrogen and oxygen atoms in total. The Balaban J connectivity index is 3.67. The van der Waals surface area contributed by atoms with E-state index in [1.54, 1.807) is 6.92 Å². The van der Waals surface area contributed by atoms with Gasteiger partial charge in [0.15, 0.2) is 0 Å². The van der Waals surface area contributed by atoms with Crippen LogP contribution in [0.4, 0.5) is 0 Å². The topological polar surface area (TPSA) is 66.8 Å². The predicted molar refractivity (Wildman–Crippen MR) is 115 cm³/mol. The lowest BCUT2D eigenvalue weighted by molar-refractivity contribution is -0.166. The van der Waals surface area contributed by atoms with Crippen LogP contribution in [-0.2, 0) is 9.53 Å². The fourth-order valence-corrected chi connectivity index (χ4v) is 4.03. The van der Waals surface area contributed by atoms with Gasteiger partial charge in [0, 0.05) is 0 Å². The zero-order valence-electron chi connectivity index (χ0n) is 17.8. The molecular weight excluding hydrogens is 372 g/mol. The molecule has 1 aliphatic carbocycles. The Morgan fingerprint density at radius 3 is 2.11 bits per heavy atom. The lowest BCUT2D eigenvalue weighted by Crippen LogP contribution is -2.54. The molecule has 0 aromatic heterocycles. The molecule has 0 fully saturated rings. The average Bonchev–Trinajstić information content (AvgIpc) is 2.57. The summed E-state index contributed by atoms with van der Waals surface area (Å²) >= 11 is 0. The highest BCUT2D eigenvalue weighted by molar-refractivity contribution is 6.84. The minimum atomic E-state index is -1.81. The summed E-state index contributed by atoms with van der Waals surface area (Å²) in [6, 6.07) is 0. The minimum absolute atomic E-state index is 0.153. The minimum Gasteiger partial charge on any atom is -0.465 e. The molecule has 0 saturated carbocycles. The standard InChI is InChI=1S/C21H34O4Si2/c1-8-25-19(23)20(11-9-10-18(16-20)17-22)21(24,12-14-26(2,3)4)13-15-27(5,6)7/h10,22,24H,8-9,11,16-17H2,1-7H3. The van der Waals surface area contributed by atoms with Crippen molar-refractivity contribution in [1.82, 2.24) is 0 Å². The van der Waals surface area contributed by atoms with Crippen molar-refractivity contribution >= 4 is 22.1 Å². The van der Waals surface area contributed by atoms with Gasteiger partial charge in [-0.05, 0) is 31.8 Å². The highest BCUT2D eigenvalue weighted by Gasteiger charge is 2.56. The van der Waals surface area contributed by atoms with Crippen molar-refractivity contribution in [3.05, 3.63) is 11.6 Å². The molecule has 0 heterocycles. The van der Waals surface area contributed by atoms with Crippen LogP contribution >= 0.6 is 0 Å². The lowest BCUT2D eigenvalue weighted by atomic mass is 9.63. The van der Waals surface area contributed by atoms with Gasteiger partial charge in [0.2, 0.25) is 5.60 Å². The normalized spacial score (nSPS) is 20.6. The van der Waals surface area contributed by atoms with E-state index in [9.17, 15) is 15.0 Å². The van der Waals surface area contributed by atoms with E-state index in [4.69, 9.17) is 4.74 Å². The molecule has 0 saturated heterocycles. The first-order valence-electron chi connectivity index (χ1n) is 9.56. The van der Waals surface area contributed by atoms with Gasteiger partial charge in [0.25, 0.3) is 0 Å². The molecule has 1 unspecified atom stereocenters. The molecule has 0 bridgehead atoms. The van der Waals surface area contributed by atoms with E-state index in [0.717, 1.165) is 5.57 Å².